The molecule has 0 saturated carbocycles. The predicted octanol–water partition coefficient (Wildman–Crippen LogP) is 1.98. The standard InChI is InChI=1S/C12H16O4/c1-3-11(13)10(12(14)15-2)7-6-9-5-4-8-16-9/h4-5,8,10H,3,6-7H2,1-2H3. The monoisotopic (exact) mass is 224 g/mol. The molecule has 16 heavy (non-hydrogen) atoms. The van der Waals surface area contributed by atoms with Crippen LogP contribution >= 0.6 is 0 Å². The summed E-state index contributed by atoms with van der Waals surface area (Å²) < 4.78 is 9.76. The van der Waals surface area contributed by atoms with E-state index in [1.165, 1.54) is 7.11 Å². The number of ketones is 1. The van der Waals surface area contributed by atoms with E-state index in [9.17, 15) is 9.59 Å². The van der Waals surface area contributed by atoms with Crippen molar-refractivity contribution in [2.24, 2.45) is 5.92 Å². The second kappa shape index (κ2) is 6.10. The van der Waals surface area contributed by atoms with Gasteiger partial charge in [-0.1, -0.05) is 6.92 Å². The molecule has 0 aliphatic heterocycles. The molecule has 0 aliphatic carbocycles. The molecule has 0 N–H and O–H groups in total. The molecule has 4 heteroatoms. The Morgan fingerprint density at radius 2 is 2.25 bits per heavy atom. The van der Waals surface area contributed by atoms with E-state index < -0.39 is 11.9 Å². The van der Waals surface area contributed by atoms with Crippen molar-refractivity contribution in [3.05, 3.63) is 24.2 Å². The van der Waals surface area contributed by atoms with E-state index in [-0.39, 0.29) is 5.78 Å². The van der Waals surface area contributed by atoms with Crippen LogP contribution in [-0.2, 0) is 20.7 Å². The Morgan fingerprint density at radius 3 is 2.75 bits per heavy atom. The smallest absolute Gasteiger partial charge is 0.316 e. The highest BCUT2D eigenvalue weighted by Crippen LogP contribution is 2.14. The van der Waals surface area contributed by atoms with Gasteiger partial charge in [0.2, 0.25) is 0 Å². The third-order valence-corrected chi connectivity index (χ3v) is 2.48. The summed E-state index contributed by atoms with van der Waals surface area (Å²) in [5.41, 5.74) is 0. The molecule has 1 heterocycles. The molecule has 0 bridgehead atoms. The van der Waals surface area contributed by atoms with Gasteiger partial charge in [-0.3, -0.25) is 9.59 Å². The number of methoxy groups -OCH3 is 1. The first-order chi connectivity index (χ1) is 7.69. The lowest BCUT2D eigenvalue weighted by Crippen LogP contribution is -2.25. The van der Waals surface area contributed by atoms with Crippen molar-refractivity contribution in [3.63, 3.8) is 0 Å². The van der Waals surface area contributed by atoms with Gasteiger partial charge in [-0.2, -0.15) is 0 Å². The van der Waals surface area contributed by atoms with Gasteiger partial charge in [0.25, 0.3) is 0 Å². The van der Waals surface area contributed by atoms with Crippen molar-refractivity contribution < 1.29 is 18.7 Å². The van der Waals surface area contributed by atoms with Gasteiger partial charge in [0.05, 0.1) is 13.4 Å². The van der Waals surface area contributed by atoms with E-state index in [0.29, 0.717) is 19.3 Å². The molecule has 0 aromatic carbocycles. The number of furan rings is 1. The van der Waals surface area contributed by atoms with E-state index in [1.54, 1.807) is 19.3 Å². The maximum absolute atomic E-state index is 11.5. The molecule has 1 aromatic heterocycles. The number of ether oxygens (including phenoxy) is 1. The Labute approximate surface area is 94.6 Å². The van der Waals surface area contributed by atoms with Crippen molar-refractivity contribution in [2.75, 3.05) is 7.11 Å². The minimum absolute atomic E-state index is 0.0848. The van der Waals surface area contributed by atoms with Crippen LogP contribution in [0.25, 0.3) is 0 Å². The molecular weight excluding hydrogens is 208 g/mol. The van der Waals surface area contributed by atoms with E-state index >= 15 is 0 Å². The minimum atomic E-state index is -0.667. The quantitative estimate of drug-likeness (QED) is 0.547. The highest BCUT2D eigenvalue weighted by atomic mass is 16.5. The SMILES string of the molecule is CCC(=O)C(CCc1ccco1)C(=O)OC. The molecule has 0 saturated heterocycles. The van der Waals surface area contributed by atoms with Gasteiger partial charge in [0, 0.05) is 12.8 Å². The number of aryl methyl sites for hydroxylation is 1. The molecule has 1 atom stereocenters. The second-order valence-corrected chi connectivity index (χ2v) is 3.51. The Bertz CT molecular complexity index is 324. The highest BCUT2D eigenvalue weighted by Gasteiger charge is 2.25. The summed E-state index contributed by atoms with van der Waals surface area (Å²) in [6, 6.07) is 3.61. The lowest BCUT2D eigenvalue weighted by molar-refractivity contribution is -0.149. The van der Waals surface area contributed by atoms with Crippen LogP contribution < -0.4 is 0 Å². The fourth-order valence-corrected chi connectivity index (χ4v) is 1.54. The van der Waals surface area contributed by atoms with E-state index in [2.05, 4.69) is 4.74 Å². The molecule has 0 radical (unpaired) electrons. The van der Waals surface area contributed by atoms with Gasteiger partial charge in [-0.05, 0) is 18.6 Å². The van der Waals surface area contributed by atoms with Gasteiger partial charge in [-0.15, -0.1) is 0 Å². The number of hydrogen-bond donors (Lipinski definition) is 0. The molecule has 88 valence electrons. The van der Waals surface area contributed by atoms with Crippen LogP contribution in [0.3, 0.4) is 0 Å². The van der Waals surface area contributed by atoms with Crippen molar-refractivity contribution in [3.8, 4) is 0 Å². The molecular formula is C12H16O4. The molecule has 1 unspecified atom stereocenters. The van der Waals surface area contributed by atoms with Gasteiger partial charge in [0.15, 0.2) is 0 Å². The number of carbonyl (C=O) groups excluding carboxylic acids is 2. The Morgan fingerprint density at radius 1 is 1.50 bits per heavy atom. The highest BCUT2D eigenvalue weighted by molar-refractivity contribution is 5.98. The van der Waals surface area contributed by atoms with Crippen molar-refractivity contribution in [2.45, 2.75) is 26.2 Å². The largest absolute Gasteiger partial charge is 0.469 e. The number of hydrogen-bond acceptors (Lipinski definition) is 4. The lowest BCUT2D eigenvalue weighted by atomic mass is 9.96. The molecule has 0 amide bonds. The fourth-order valence-electron chi connectivity index (χ4n) is 1.54. The average Bonchev–Trinajstić information content (AvgIpc) is 2.81. The van der Waals surface area contributed by atoms with Crippen molar-refractivity contribution in [1.29, 1.82) is 0 Å². The maximum Gasteiger partial charge on any atom is 0.316 e. The third-order valence-electron chi connectivity index (χ3n) is 2.48. The van der Waals surface area contributed by atoms with E-state index in [4.69, 9.17) is 4.42 Å². The van der Waals surface area contributed by atoms with Crippen LogP contribution in [0.5, 0.6) is 0 Å². The van der Waals surface area contributed by atoms with Crippen LogP contribution in [0.1, 0.15) is 25.5 Å². The third kappa shape index (κ3) is 3.22. The van der Waals surface area contributed by atoms with Gasteiger partial charge in [0.1, 0.15) is 17.5 Å². The minimum Gasteiger partial charge on any atom is -0.469 e. The summed E-state index contributed by atoms with van der Waals surface area (Å²) in [7, 11) is 1.30. The summed E-state index contributed by atoms with van der Waals surface area (Å²) >= 11 is 0. The Hall–Kier alpha value is -1.58. The van der Waals surface area contributed by atoms with Crippen LogP contribution in [0.4, 0.5) is 0 Å². The molecule has 0 aliphatic rings. The summed E-state index contributed by atoms with van der Waals surface area (Å²) in [5, 5.41) is 0. The summed E-state index contributed by atoms with van der Waals surface area (Å²) in [6.45, 7) is 1.74. The zero-order valence-corrected chi connectivity index (χ0v) is 9.56. The van der Waals surface area contributed by atoms with Crippen LogP contribution in [-0.4, -0.2) is 18.9 Å². The van der Waals surface area contributed by atoms with Crippen LogP contribution in [0.2, 0.25) is 0 Å². The van der Waals surface area contributed by atoms with Crippen molar-refractivity contribution >= 4 is 11.8 Å². The maximum atomic E-state index is 11.5. The van der Waals surface area contributed by atoms with Crippen LogP contribution in [0.15, 0.2) is 22.8 Å². The number of esters is 1. The first-order valence-corrected chi connectivity index (χ1v) is 5.32. The summed E-state index contributed by atoms with van der Waals surface area (Å²) in [4.78, 5) is 22.9. The number of Topliss-reactive ketones (excluding diaryl/α,β-unsaturated/α-hetero) is 1. The first kappa shape index (κ1) is 12.5. The normalized spacial score (nSPS) is 12.1. The van der Waals surface area contributed by atoms with Crippen LogP contribution in [0, 0.1) is 5.92 Å². The Kier molecular flexibility index (Phi) is 4.76. The zero-order valence-electron chi connectivity index (χ0n) is 9.56. The average molecular weight is 224 g/mol. The second-order valence-electron chi connectivity index (χ2n) is 3.51. The summed E-state index contributed by atoms with van der Waals surface area (Å²) in [6.07, 6.45) is 2.92. The molecule has 1 aromatic rings. The predicted molar refractivity (Wildman–Crippen MR) is 57.8 cm³/mol. The molecule has 4 nitrogen and oxygen atoms in total. The van der Waals surface area contributed by atoms with E-state index in [1.807, 2.05) is 6.07 Å². The van der Waals surface area contributed by atoms with Gasteiger partial charge in [-0.25, -0.2) is 0 Å². The number of carbonyl (C=O) groups is 2. The first-order valence-electron chi connectivity index (χ1n) is 5.32. The fraction of sp³-hybridized carbons (Fsp3) is 0.500. The van der Waals surface area contributed by atoms with Crippen molar-refractivity contribution in [1.82, 2.24) is 0 Å². The molecule has 1 rings (SSSR count). The summed E-state index contributed by atoms with van der Waals surface area (Å²) in [5.74, 6) is -0.435. The topological polar surface area (TPSA) is 56.5 Å². The van der Waals surface area contributed by atoms with E-state index in [0.717, 1.165) is 5.76 Å². The lowest BCUT2D eigenvalue weighted by Gasteiger charge is -2.11. The Balaban J connectivity index is 2.57. The molecule has 0 spiro atoms. The van der Waals surface area contributed by atoms with Gasteiger partial charge < -0.3 is 9.15 Å². The zero-order chi connectivity index (χ0) is 12.0. The number of rotatable bonds is 6. The van der Waals surface area contributed by atoms with Gasteiger partial charge >= 0.3 is 5.97 Å². The molecule has 0 fully saturated rings.